The number of nitrogens with zero attached hydrogens (tertiary/aromatic N) is 2. The van der Waals surface area contributed by atoms with E-state index in [1.54, 1.807) is 86.8 Å². The Hall–Kier alpha value is -5.16. The molecule has 222 valence electrons. The van der Waals surface area contributed by atoms with Crippen LogP contribution in [-0.2, 0) is 19.6 Å². The normalized spacial score (nSPS) is 11.1. The minimum atomic E-state index is -4.03. The van der Waals surface area contributed by atoms with Crippen molar-refractivity contribution in [2.24, 2.45) is 5.10 Å². The third-order valence-electron chi connectivity index (χ3n) is 6.28. The highest BCUT2D eigenvalue weighted by Gasteiger charge is 2.28. The van der Waals surface area contributed by atoms with Gasteiger partial charge >= 0.3 is 0 Å². The van der Waals surface area contributed by atoms with E-state index < -0.39 is 22.5 Å². The molecule has 0 atom stereocenters. The summed E-state index contributed by atoms with van der Waals surface area (Å²) in [6.45, 7) is 3.00. The number of methoxy groups -OCH3 is 1. The summed E-state index contributed by atoms with van der Waals surface area (Å²) in [5, 5.41) is 6.73. The fourth-order valence-corrected chi connectivity index (χ4v) is 5.52. The summed E-state index contributed by atoms with van der Waals surface area (Å²) in [6, 6.07) is 27.1. The second kappa shape index (κ2) is 14.1. The Bertz CT molecular complexity index is 1690. The Morgan fingerprint density at radius 3 is 2.21 bits per heavy atom. The number of sulfonamides is 1. The summed E-state index contributed by atoms with van der Waals surface area (Å²) >= 11 is 0. The van der Waals surface area contributed by atoms with Gasteiger partial charge in [-0.15, -0.1) is 0 Å². The summed E-state index contributed by atoms with van der Waals surface area (Å²) in [5.41, 5.74) is 5.66. The molecular weight excluding hydrogens is 568 g/mol. The molecule has 10 nitrogen and oxygen atoms in total. The molecule has 0 aliphatic rings. The number of nitrogens with one attached hydrogen (secondary N) is 2. The number of benzene rings is 4. The van der Waals surface area contributed by atoms with Gasteiger partial charge in [0.15, 0.2) is 6.61 Å². The van der Waals surface area contributed by atoms with Crippen molar-refractivity contribution in [2.75, 3.05) is 29.9 Å². The van der Waals surface area contributed by atoms with Gasteiger partial charge in [-0.3, -0.25) is 13.9 Å². The fraction of sp³-hybridized carbons (Fsp3) is 0.156. The van der Waals surface area contributed by atoms with Crippen LogP contribution in [0.1, 0.15) is 16.7 Å². The Balaban J connectivity index is 1.35. The van der Waals surface area contributed by atoms with Crippen molar-refractivity contribution in [3.05, 3.63) is 114 Å². The summed E-state index contributed by atoms with van der Waals surface area (Å²) in [4.78, 5) is 25.1. The Morgan fingerprint density at radius 1 is 0.860 bits per heavy atom. The molecule has 0 radical (unpaired) electrons. The van der Waals surface area contributed by atoms with Crippen LogP contribution in [0.3, 0.4) is 0 Å². The number of carbonyl (C=O) groups is 2. The van der Waals surface area contributed by atoms with Crippen LogP contribution in [-0.4, -0.2) is 46.7 Å². The van der Waals surface area contributed by atoms with Crippen LogP contribution in [0.4, 0.5) is 11.4 Å². The minimum absolute atomic E-state index is 0.0766. The van der Waals surface area contributed by atoms with Crippen molar-refractivity contribution in [2.45, 2.75) is 18.7 Å². The number of hydrazone groups is 1. The van der Waals surface area contributed by atoms with E-state index in [0.717, 1.165) is 9.87 Å². The van der Waals surface area contributed by atoms with Crippen molar-refractivity contribution < 1.29 is 27.5 Å². The van der Waals surface area contributed by atoms with Crippen molar-refractivity contribution in [1.29, 1.82) is 0 Å². The van der Waals surface area contributed by atoms with Gasteiger partial charge in [-0.1, -0.05) is 30.3 Å². The van der Waals surface area contributed by atoms with Gasteiger partial charge in [0.25, 0.3) is 21.8 Å². The molecule has 0 aromatic heterocycles. The van der Waals surface area contributed by atoms with E-state index in [1.165, 1.54) is 18.3 Å². The second-order valence-corrected chi connectivity index (χ2v) is 11.4. The Labute approximate surface area is 251 Å². The predicted molar refractivity (Wildman–Crippen MR) is 166 cm³/mol. The van der Waals surface area contributed by atoms with Crippen molar-refractivity contribution in [1.82, 2.24) is 5.43 Å². The molecule has 0 bridgehead atoms. The molecule has 11 heteroatoms. The maximum atomic E-state index is 13.5. The average molecular weight is 601 g/mol. The summed E-state index contributed by atoms with van der Waals surface area (Å²) in [5.74, 6) is 0.233. The topological polar surface area (TPSA) is 126 Å². The van der Waals surface area contributed by atoms with Crippen LogP contribution in [0.5, 0.6) is 11.5 Å². The van der Waals surface area contributed by atoms with Crippen molar-refractivity contribution >= 4 is 39.4 Å². The first kappa shape index (κ1) is 30.8. The third-order valence-corrected chi connectivity index (χ3v) is 8.05. The van der Waals surface area contributed by atoms with Crippen LogP contribution in [0.2, 0.25) is 0 Å². The molecule has 0 spiro atoms. The van der Waals surface area contributed by atoms with E-state index in [0.29, 0.717) is 34.0 Å². The lowest BCUT2D eigenvalue weighted by Gasteiger charge is -2.25. The van der Waals surface area contributed by atoms with Gasteiger partial charge in [-0.25, -0.2) is 13.8 Å². The lowest BCUT2D eigenvalue weighted by atomic mass is 10.1. The summed E-state index contributed by atoms with van der Waals surface area (Å²) < 4.78 is 38.8. The number of anilines is 2. The summed E-state index contributed by atoms with van der Waals surface area (Å²) in [7, 11) is -2.46. The molecule has 0 heterocycles. The molecule has 4 rings (SSSR count). The highest BCUT2D eigenvalue weighted by atomic mass is 32.2. The lowest BCUT2D eigenvalue weighted by Crippen LogP contribution is -2.40. The van der Waals surface area contributed by atoms with Crippen LogP contribution in [0, 0.1) is 13.8 Å². The molecule has 2 N–H and O–H groups in total. The predicted octanol–water partition coefficient (Wildman–Crippen LogP) is 4.68. The molecule has 4 aromatic carbocycles. The Morgan fingerprint density at radius 2 is 1.53 bits per heavy atom. The van der Waals surface area contributed by atoms with E-state index in [4.69, 9.17) is 9.47 Å². The number of ether oxygens (including phenoxy) is 2. The van der Waals surface area contributed by atoms with Crippen molar-refractivity contribution in [3.63, 3.8) is 0 Å². The zero-order valence-electron chi connectivity index (χ0n) is 24.0. The number of carbonyl (C=O) groups excluding carboxylic acids is 2. The van der Waals surface area contributed by atoms with E-state index in [9.17, 15) is 18.0 Å². The molecule has 0 saturated heterocycles. The van der Waals surface area contributed by atoms with Crippen LogP contribution in [0.25, 0.3) is 0 Å². The smallest absolute Gasteiger partial charge is 0.264 e. The monoisotopic (exact) mass is 600 g/mol. The Kier molecular flexibility index (Phi) is 10.1. The van der Waals surface area contributed by atoms with E-state index in [-0.39, 0.29) is 17.4 Å². The highest BCUT2D eigenvalue weighted by molar-refractivity contribution is 7.92. The van der Waals surface area contributed by atoms with Gasteiger partial charge < -0.3 is 14.8 Å². The number of rotatable bonds is 12. The standard InChI is InChI=1S/C32H32N4O6S/c1-23-9-10-24(2)30(19-23)36(43(39,40)29-7-5-4-6-8-29)21-31(37)35-33-20-25-11-15-28(16-12-25)42-22-32(38)34-26-13-17-27(41-3)18-14-26/h4-20H,21-22H2,1-3H3,(H,34,38)(H,35,37)/b33-20-. The molecular formula is C32H32N4O6S. The third kappa shape index (κ3) is 8.43. The maximum absolute atomic E-state index is 13.5. The van der Waals surface area contributed by atoms with Crippen LogP contribution >= 0.6 is 0 Å². The number of hydrogen-bond acceptors (Lipinski definition) is 7. The van der Waals surface area contributed by atoms with E-state index in [1.807, 2.05) is 19.1 Å². The first-order chi connectivity index (χ1) is 20.7. The van der Waals surface area contributed by atoms with Crippen molar-refractivity contribution in [3.8, 4) is 11.5 Å². The molecule has 0 unspecified atom stereocenters. The minimum Gasteiger partial charge on any atom is -0.497 e. The SMILES string of the molecule is COc1ccc(NC(=O)COc2ccc(/C=N\NC(=O)CN(c3cc(C)ccc3C)S(=O)(=O)c3ccccc3)cc2)cc1. The number of hydrogen-bond donors (Lipinski definition) is 2. The first-order valence-electron chi connectivity index (χ1n) is 13.3. The fourth-order valence-electron chi connectivity index (χ4n) is 4.02. The molecule has 43 heavy (non-hydrogen) atoms. The number of amides is 2. The molecule has 0 saturated carbocycles. The average Bonchev–Trinajstić information content (AvgIpc) is 3.01. The van der Waals surface area contributed by atoms with E-state index in [2.05, 4.69) is 15.8 Å². The van der Waals surface area contributed by atoms with Gasteiger partial charge in [0.1, 0.15) is 18.0 Å². The first-order valence-corrected chi connectivity index (χ1v) is 14.7. The highest BCUT2D eigenvalue weighted by Crippen LogP contribution is 2.27. The number of aryl methyl sites for hydroxylation is 2. The molecule has 0 fully saturated rings. The van der Waals surface area contributed by atoms with Gasteiger partial charge in [-0.2, -0.15) is 5.10 Å². The van der Waals surface area contributed by atoms with Gasteiger partial charge in [0, 0.05) is 5.69 Å². The van der Waals surface area contributed by atoms with Crippen LogP contribution < -0.4 is 24.5 Å². The zero-order valence-corrected chi connectivity index (χ0v) is 24.8. The molecule has 0 aliphatic heterocycles. The molecule has 4 aromatic rings. The van der Waals surface area contributed by atoms with Gasteiger partial charge in [-0.05, 0) is 97.3 Å². The maximum Gasteiger partial charge on any atom is 0.264 e. The lowest BCUT2D eigenvalue weighted by molar-refractivity contribution is -0.119. The quantitative estimate of drug-likeness (QED) is 0.180. The summed E-state index contributed by atoms with van der Waals surface area (Å²) in [6.07, 6.45) is 1.42. The van der Waals surface area contributed by atoms with E-state index >= 15 is 0 Å². The molecule has 2 amide bonds. The molecule has 0 aliphatic carbocycles. The second-order valence-electron chi connectivity index (χ2n) is 9.54. The van der Waals surface area contributed by atoms with Gasteiger partial charge in [0.2, 0.25) is 0 Å². The van der Waals surface area contributed by atoms with Crippen LogP contribution in [0.15, 0.2) is 107 Å². The largest absolute Gasteiger partial charge is 0.497 e. The van der Waals surface area contributed by atoms with Gasteiger partial charge in [0.05, 0.1) is 23.9 Å². The zero-order chi connectivity index (χ0) is 30.8.